The predicted octanol–water partition coefficient (Wildman–Crippen LogP) is 9.17. The molecule has 4 aromatic carbocycles. The first kappa shape index (κ1) is 40.6. The van der Waals surface area contributed by atoms with Crippen molar-refractivity contribution in [3.05, 3.63) is 152 Å². The molecular formula is C50H53F2N7O2S. The number of aliphatic hydroxyl groups is 1. The molecule has 320 valence electrons. The van der Waals surface area contributed by atoms with Crippen LogP contribution in [0, 0.1) is 32.4 Å². The first-order valence-electron chi connectivity index (χ1n) is 22.0. The van der Waals surface area contributed by atoms with Crippen molar-refractivity contribution < 1.29 is 19.0 Å². The SMILES string of the molecule is Cc1sc2c(c1C)C(c1ccc(N3CCC(O)(CN4CCN(c5cc(F)c([C@H]6c7ccc(O)cc7CC[C@H]6c6ccccc6)c(F)c5)CC4)CC3)cc1)=N[C@@H](C)c1nnc(C)n1-2. The summed E-state index contributed by atoms with van der Waals surface area (Å²) in [7, 11) is 0. The Kier molecular flexibility index (Phi) is 10.5. The van der Waals surface area contributed by atoms with Gasteiger partial charge in [-0.2, -0.15) is 0 Å². The molecule has 12 heteroatoms. The summed E-state index contributed by atoms with van der Waals surface area (Å²) >= 11 is 1.76. The van der Waals surface area contributed by atoms with E-state index >= 15 is 8.78 Å². The van der Waals surface area contributed by atoms with E-state index in [1.807, 2.05) is 43.3 Å². The molecular weight excluding hydrogens is 801 g/mol. The van der Waals surface area contributed by atoms with Crippen LogP contribution >= 0.6 is 11.3 Å². The molecule has 1 aliphatic carbocycles. The number of β-amino-alcohol motifs (C(OH)–C–C–N with tert-alkyl or cyclic N) is 1. The van der Waals surface area contributed by atoms with Crippen molar-refractivity contribution in [2.24, 2.45) is 4.99 Å². The zero-order chi connectivity index (χ0) is 42.9. The topological polar surface area (TPSA) is 93.2 Å². The van der Waals surface area contributed by atoms with Gasteiger partial charge in [0.25, 0.3) is 0 Å². The van der Waals surface area contributed by atoms with E-state index in [1.54, 1.807) is 23.5 Å². The van der Waals surface area contributed by atoms with Crippen molar-refractivity contribution in [3.8, 4) is 10.8 Å². The maximum absolute atomic E-state index is 16.4. The van der Waals surface area contributed by atoms with Crippen molar-refractivity contribution >= 4 is 28.4 Å². The fourth-order valence-corrected chi connectivity index (χ4v) is 11.7. The number of halogens is 2. The zero-order valence-corrected chi connectivity index (χ0v) is 36.6. The van der Waals surface area contributed by atoms with Gasteiger partial charge < -0.3 is 20.0 Å². The molecule has 2 N–H and O–H groups in total. The molecule has 0 saturated carbocycles. The standard InChI is InChI=1S/C50H53F2N7O2S/c1-30-32(3)62-49-44(30)47(53-31(2)48-55-54-33(4)59(48)49)35-10-13-37(14-11-35)57-20-18-50(61,19-21-57)29-56-22-24-58(25-23-56)38-27-42(51)46(43(52)28-38)45-40(34-8-6-5-7-9-34)16-12-36-26-39(60)15-17-41(36)45/h5-11,13-15,17,26-28,31,40,45,60-61H,12,16,18-25,29H2,1-4H3/t31-,40-,45+/m0/s1. The fourth-order valence-electron chi connectivity index (χ4n) is 10.5. The number of phenolic OH excluding ortho intramolecular Hbond substituents is 1. The molecule has 3 atom stereocenters. The monoisotopic (exact) mass is 853 g/mol. The summed E-state index contributed by atoms with van der Waals surface area (Å²) in [5, 5.41) is 32.0. The smallest absolute Gasteiger partial charge is 0.162 e. The van der Waals surface area contributed by atoms with Gasteiger partial charge in [-0.3, -0.25) is 14.5 Å². The molecule has 2 fully saturated rings. The minimum absolute atomic E-state index is 0.0881. The zero-order valence-electron chi connectivity index (χ0n) is 35.8. The van der Waals surface area contributed by atoms with Gasteiger partial charge in [0.2, 0.25) is 0 Å². The second kappa shape index (κ2) is 16.0. The Morgan fingerprint density at radius 1 is 0.806 bits per heavy atom. The van der Waals surface area contributed by atoms with E-state index < -0.39 is 23.2 Å². The summed E-state index contributed by atoms with van der Waals surface area (Å²) in [6, 6.07) is 26.7. The molecule has 4 aliphatic rings. The van der Waals surface area contributed by atoms with Crippen molar-refractivity contribution in [3.63, 3.8) is 0 Å². The van der Waals surface area contributed by atoms with Crippen molar-refractivity contribution in [2.75, 3.05) is 55.6 Å². The number of benzene rings is 4. The van der Waals surface area contributed by atoms with E-state index in [-0.39, 0.29) is 23.3 Å². The lowest BCUT2D eigenvalue weighted by atomic mass is 9.69. The number of anilines is 2. The third kappa shape index (κ3) is 7.29. The van der Waals surface area contributed by atoms with Gasteiger partial charge in [0.05, 0.1) is 11.3 Å². The van der Waals surface area contributed by atoms with Crippen LogP contribution in [0.1, 0.15) is 99.5 Å². The maximum atomic E-state index is 16.4. The summed E-state index contributed by atoms with van der Waals surface area (Å²) in [6.45, 7) is 13.1. The highest BCUT2D eigenvalue weighted by atomic mass is 32.1. The van der Waals surface area contributed by atoms with Crippen LogP contribution in [0.25, 0.3) is 5.00 Å². The number of aliphatic imine (C=N–C) groups is 1. The molecule has 0 radical (unpaired) electrons. The van der Waals surface area contributed by atoms with E-state index in [1.165, 1.54) is 22.6 Å². The highest BCUT2D eigenvalue weighted by Gasteiger charge is 2.38. The lowest BCUT2D eigenvalue weighted by Crippen LogP contribution is -2.55. The average Bonchev–Trinajstić information content (AvgIpc) is 3.76. The number of nitrogens with zero attached hydrogens (tertiary/aromatic N) is 7. The number of piperidine rings is 1. The van der Waals surface area contributed by atoms with Crippen molar-refractivity contribution in [1.29, 1.82) is 0 Å². The number of piperazine rings is 1. The van der Waals surface area contributed by atoms with E-state index in [2.05, 4.69) is 74.5 Å². The Morgan fingerprint density at radius 3 is 2.21 bits per heavy atom. The molecule has 2 aromatic heterocycles. The van der Waals surface area contributed by atoms with Gasteiger partial charge >= 0.3 is 0 Å². The van der Waals surface area contributed by atoms with E-state index in [4.69, 9.17) is 4.99 Å². The molecule has 5 heterocycles. The third-order valence-corrected chi connectivity index (χ3v) is 15.2. The first-order valence-corrected chi connectivity index (χ1v) is 22.8. The second-order valence-electron chi connectivity index (χ2n) is 17.8. The molecule has 6 aromatic rings. The van der Waals surface area contributed by atoms with Crippen LogP contribution in [0.3, 0.4) is 0 Å². The number of aromatic hydroxyl groups is 1. The van der Waals surface area contributed by atoms with Gasteiger partial charge in [-0.05, 0) is 118 Å². The molecule has 0 unspecified atom stereocenters. The summed E-state index contributed by atoms with van der Waals surface area (Å²) in [4.78, 5) is 13.2. The van der Waals surface area contributed by atoms with Crippen molar-refractivity contribution in [1.82, 2.24) is 19.7 Å². The number of aryl methyl sites for hydroxylation is 3. The van der Waals surface area contributed by atoms with Gasteiger partial charge in [0.15, 0.2) is 5.82 Å². The first-order chi connectivity index (χ1) is 29.9. The Morgan fingerprint density at radius 2 is 1.50 bits per heavy atom. The Labute approximate surface area is 366 Å². The normalized spacial score (nSPS) is 21.2. The van der Waals surface area contributed by atoms with Crippen LogP contribution in [-0.4, -0.2) is 87.0 Å². The van der Waals surface area contributed by atoms with Crippen LogP contribution in [0.4, 0.5) is 20.2 Å². The van der Waals surface area contributed by atoms with Crippen LogP contribution in [0.5, 0.6) is 5.75 Å². The Bertz CT molecular complexity index is 2640. The number of fused-ring (bicyclic) bond motifs is 4. The number of hydrogen-bond acceptors (Lipinski definition) is 9. The van der Waals surface area contributed by atoms with Gasteiger partial charge in [0, 0.05) is 84.7 Å². The van der Waals surface area contributed by atoms with Crippen LogP contribution < -0.4 is 9.80 Å². The molecule has 10 rings (SSSR count). The second-order valence-corrected chi connectivity index (χ2v) is 19.0. The number of hydrogen-bond donors (Lipinski definition) is 2. The number of aromatic nitrogens is 3. The number of rotatable bonds is 7. The number of phenols is 1. The van der Waals surface area contributed by atoms with Gasteiger partial charge in [0.1, 0.15) is 34.3 Å². The van der Waals surface area contributed by atoms with E-state index in [0.717, 1.165) is 81.8 Å². The fraction of sp³-hybridized carbons (Fsp3) is 0.380. The minimum atomic E-state index is -0.811. The molecule has 62 heavy (non-hydrogen) atoms. The molecule has 3 aliphatic heterocycles. The van der Waals surface area contributed by atoms with Gasteiger partial charge in [-0.25, -0.2) is 8.78 Å². The van der Waals surface area contributed by atoms with Crippen LogP contribution in [0.15, 0.2) is 89.9 Å². The molecule has 0 bridgehead atoms. The highest BCUT2D eigenvalue weighted by Crippen LogP contribution is 2.49. The Balaban J connectivity index is 0.781. The van der Waals surface area contributed by atoms with Gasteiger partial charge in [-0.1, -0.05) is 48.5 Å². The van der Waals surface area contributed by atoms with E-state index in [0.29, 0.717) is 51.3 Å². The third-order valence-electron chi connectivity index (χ3n) is 14.0. The molecule has 2 saturated heterocycles. The Hall–Kier alpha value is -5.43. The summed E-state index contributed by atoms with van der Waals surface area (Å²) in [6.07, 6.45) is 2.76. The molecule has 0 spiro atoms. The lowest BCUT2D eigenvalue weighted by molar-refractivity contribution is -0.0173. The predicted molar refractivity (Wildman–Crippen MR) is 243 cm³/mol. The summed E-state index contributed by atoms with van der Waals surface area (Å²) < 4.78 is 34.9. The van der Waals surface area contributed by atoms with Crippen LogP contribution in [-0.2, 0) is 6.42 Å². The minimum Gasteiger partial charge on any atom is -0.508 e. The molecule has 0 amide bonds. The summed E-state index contributed by atoms with van der Waals surface area (Å²) in [5.41, 5.74) is 8.24. The van der Waals surface area contributed by atoms with E-state index in [9.17, 15) is 10.2 Å². The quantitative estimate of drug-likeness (QED) is 0.166. The lowest BCUT2D eigenvalue weighted by Gasteiger charge is -2.44. The highest BCUT2D eigenvalue weighted by molar-refractivity contribution is 7.15. The summed E-state index contributed by atoms with van der Waals surface area (Å²) in [5.74, 6) is 0.201. The molecule has 9 nitrogen and oxygen atoms in total. The number of thiophene rings is 1. The van der Waals surface area contributed by atoms with Crippen molar-refractivity contribution in [2.45, 2.75) is 76.9 Å². The van der Waals surface area contributed by atoms with Gasteiger partial charge in [-0.15, -0.1) is 21.5 Å². The largest absolute Gasteiger partial charge is 0.508 e. The average molecular weight is 854 g/mol. The maximum Gasteiger partial charge on any atom is 0.162 e. The van der Waals surface area contributed by atoms with Crippen LogP contribution in [0.2, 0.25) is 0 Å².